The second-order valence-electron chi connectivity index (χ2n) is 5.13. The molecule has 1 amide bonds. The average Bonchev–Trinajstić information content (AvgIpc) is 2.76. The molecule has 1 heterocycles. The molecule has 1 aromatic rings. The SMILES string of the molecule is CC1CC(CN)CN1C(=O)COc1cc(Cl)cc(Cl)c1.Cl. The normalized spacial score (nSPS) is 21.0. The highest BCUT2D eigenvalue weighted by Crippen LogP contribution is 2.25. The van der Waals surface area contributed by atoms with Crippen molar-refractivity contribution < 1.29 is 9.53 Å². The lowest BCUT2D eigenvalue weighted by molar-refractivity contribution is -0.134. The Hall–Kier alpha value is -0.680. The van der Waals surface area contributed by atoms with Crippen LogP contribution in [0.2, 0.25) is 10.0 Å². The molecule has 0 aliphatic carbocycles. The third-order valence-corrected chi connectivity index (χ3v) is 3.95. The van der Waals surface area contributed by atoms with Crippen molar-refractivity contribution in [2.75, 3.05) is 19.7 Å². The van der Waals surface area contributed by atoms with E-state index < -0.39 is 0 Å². The minimum atomic E-state index is -0.0375. The molecule has 2 unspecified atom stereocenters. The van der Waals surface area contributed by atoms with Gasteiger partial charge in [0.15, 0.2) is 6.61 Å². The summed E-state index contributed by atoms with van der Waals surface area (Å²) in [6.45, 7) is 3.33. The summed E-state index contributed by atoms with van der Waals surface area (Å²) < 4.78 is 5.47. The lowest BCUT2D eigenvalue weighted by atomic mass is 10.1. The van der Waals surface area contributed by atoms with E-state index in [0.29, 0.717) is 34.8 Å². The van der Waals surface area contributed by atoms with Gasteiger partial charge in [0.2, 0.25) is 0 Å². The molecule has 2 atom stereocenters. The number of halogens is 3. The van der Waals surface area contributed by atoms with E-state index in [2.05, 4.69) is 0 Å². The number of nitrogens with two attached hydrogens (primary N) is 1. The van der Waals surface area contributed by atoms with Gasteiger partial charge in [0, 0.05) is 22.6 Å². The molecule has 1 saturated heterocycles. The van der Waals surface area contributed by atoms with Crippen molar-refractivity contribution in [2.24, 2.45) is 11.7 Å². The van der Waals surface area contributed by atoms with Gasteiger partial charge in [-0.25, -0.2) is 0 Å². The van der Waals surface area contributed by atoms with Gasteiger partial charge in [-0.05, 0) is 44.0 Å². The number of ether oxygens (including phenoxy) is 1. The molecule has 21 heavy (non-hydrogen) atoms. The van der Waals surface area contributed by atoms with Gasteiger partial charge in [0.1, 0.15) is 5.75 Å². The van der Waals surface area contributed by atoms with E-state index >= 15 is 0 Å². The predicted molar refractivity (Wildman–Crippen MR) is 87.5 cm³/mol. The van der Waals surface area contributed by atoms with Gasteiger partial charge in [-0.1, -0.05) is 23.2 Å². The Morgan fingerprint density at radius 1 is 1.38 bits per heavy atom. The van der Waals surface area contributed by atoms with Gasteiger partial charge in [-0.15, -0.1) is 12.4 Å². The first kappa shape index (κ1) is 18.4. The highest BCUT2D eigenvalue weighted by atomic mass is 35.5. The summed E-state index contributed by atoms with van der Waals surface area (Å²) in [5.74, 6) is 0.845. The molecule has 2 N–H and O–H groups in total. The van der Waals surface area contributed by atoms with Crippen LogP contribution >= 0.6 is 35.6 Å². The maximum absolute atomic E-state index is 12.2. The molecule has 7 heteroatoms. The Bertz CT molecular complexity index is 479. The van der Waals surface area contributed by atoms with E-state index in [4.69, 9.17) is 33.7 Å². The van der Waals surface area contributed by atoms with E-state index in [1.165, 1.54) is 0 Å². The first-order valence-electron chi connectivity index (χ1n) is 6.58. The number of nitrogens with zero attached hydrogens (tertiary/aromatic N) is 1. The fraction of sp³-hybridized carbons (Fsp3) is 0.500. The third kappa shape index (κ3) is 4.92. The zero-order chi connectivity index (χ0) is 14.7. The van der Waals surface area contributed by atoms with Gasteiger partial charge < -0.3 is 15.4 Å². The predicted octanol–water partition coefficient (Wildman–Crippen LogP) is 2.99. The second-order valence-corrected chi connectivity index (χ2v) is 6.00. The molecule has 1 aliphatic rings. The quantitative estimate of drug-likeness (QED) is 0.905. The summed E-state index contributed by atoms with van der Waals surface area (Å²) in [7, 11) is 0. The molecule has 0 bridgehead atoms. The summed E-state index contributed by atoms with van der Waals surface area (Å²) in [5, 5.41) is 0.968. The van der Waals surface area contributed by atoms with Crippen LogP contribution in [0.15, 0.2) is 18.2 Å². The summed E-state index contributed by atoms with van der Waals surface area (Å²) >= 11 is 11.8. The van der Waals surface area contributed by atoms with Crippen LogP contribution in [-0.4, -0.2) is 36.5 Å². The molecule has 1 fully saturated rings. The number of likely N-dealkylation sites (tertiary alicyclic amines) is 1. The summed E-state index contributed by atoms with van der Waals surface area (Å²) in [6.07, 6.45) is 0.950. The first-order chi connectivity index (χ1) is 9.49. The molecular formula is C14H19Cl3N2O2. The van der Waals surface area contributed by atoms with Crippen molar-refractivity contribution in [3.8, 4) is 5.75 Å². The fourth-order valence-electron chi connectivity index (χ4n) is 2.50. The largest absolute Gasteiger partial charge is 0.484 e. The van der Waals surface area contributed by atoms with E-state index in [-0.39, 0.29) is 31.0 Å². The molecule has 0 aromatic heterocycles. The van der Waals surface area contributed by atoms with Crippen LogP contribution in [0.3, 0.4) is 0 Å². The number of carbonyl (C=O) groups excluding carboxylic acids is 1. The maximum Gasteiger partial charge on any atom is 0.260 e. The molecule has 0 saturated carbocycles. The molecule has 1 aliphatic heterocycles. The van der Waals surface area contributed by atoms with Gasteiger partial charge >= 0.3 is 0 Å². The van der Waals surface area contributed by atoms with Crippen molar-refractivity contribution in [3.63, 3.8) is 0 Å². The monoisotopic (exact) mass is 352 g/mol. The van der Waals surface area contributed by atoms with Crippen LogP contribution in [0.4, 0.5) is 0 Å². The van der Waals surface area contributed by atoms with Gasteiger partial charge in [0.25, 0.3) is 5.91 Å². The highest BCUT2D eigenvalue weighted by molar-refractivity contribution is 6.34. The van der Waals surface area contributed by atoms with Crippen LogP contribution in [-0.2, 0) is 4.79 Å². The van der Waals surface area contributed by atoms with E-state index in [1.807, 2.05) is 11.8 Å². The summed E-state index contributed by atoms with van der Waals surface area (Å²) in [5.41, 5.74) is 5.66. The van der Waals surface area contributed by atoms with Crippen molar-refractivity contribution in [3.05, 3.63) is 28.2 Å². The Morgan fingerprint density at radius 3 is 2.52 bits per heavy atom. The molecule has 118 valence electrons. The molecule has 4 nitrogen and oxygen atoms in total. The van der Waals surface area contributed by atoms with Crippen LogP contribution in [0.1, 0.15) is 13.3 Å². The Labute approximate surface area is 140 Å². The number of benzene rings is 1. The van der Waals surface area contributed by atoms with Gasteiger partial charge in [-0.3, -0.25) is 4.79 Å². The van der Waals surface area contributed by atoms with Gasteiger partial charge in [-0.2, -0.15) is 0 Å². The lowest BCUT2D eigenvalue weighted by Gasteiger charge is -2.21. The molecule has 1 aromatic carbocycles. The van der Waals surface area contributed by atoms with Crippen LogP contribution in [0.5, 0.6) is 5.75 Å². The Morgan fingerprint density at radius 2 is 2.00 bits per heavy atom. The smallest absolute Gasteiger partial charge is 0.260 e. The van der Waals surface area contributed by atoms with Crippen molar-refractivity contribution in [1.29, 1.82) is 0 Å². The van der Waals surface area contributed by atoms with Crippen molar-refractivity contribution in [2.45, 2.75) is 19.4 Å². The highest BCUT2D eigenvalue weighted by Gasteiger charge is 2.31. The molecule has 2 rings (SSSR count). The first-order valence-corrected chi connectivity index (χ1v) is 7.33. The summed E-state index contributed by atoms with van der Waals surface area (Å²) in [4.78, 5) is 14.0. The zero-order valence-corrected chi connectivity index (χ0v) is 14.0. The summed E-state index contributed by atoms with van der Waals surface area (Å²) in [6, 6.07) is 5.10. The minimum Gasteiger partial charge on any atom is -0.484 e. The molecular weight excluding hydrogens is 335 g/mol. The molecule has 0 radical (unpaired) electrons. The fourth-order valence-corrected chi connectivity index (χ4v) is 3.01. The van der Waals surface area contributed by atoms with E-state index in [0.717, 1.165) is 6.42 Å². The maximum atomic E-state index is 12.2. The second kappa shape index (κ2) is 8.08. The van der Waals surface area contributed by atoms with Crippen LogP contribution in [0.25, 0.3) is 0 Å². The minimum absolute atomic E-state index is 0. The average molecular weight is 354 g/mol. The van der Waals surface area contributed by atoms with E-state index in [1.54, 1.807) is 18.2 Å². The number of carbonyl (C=O) groups is 1. The van der Waals surface area contributed by atoms with Crippen LogP contribution in [0, 0.1) is 5.92 Å². The zero-order valence-electron chi connectivity index (χ0n) is 11.7. The van der Waals surface area contributed by atoms with Gasteiger partial charge in [0.05, 0.1) is 0 Å². The topological polar surface area (TPSA) is 55.6 Å². The number of hydrogen-bond acceptors (Lipinski definition) is 3. The van der Waals surface area contributed by atoms with Crippen molar-refractivity contribution >= 4 is 41.5 Å². The lowest BCUT2D eigenvalue weighted by Crippen LogP contribution is -2.37. The standard InChI is InChI=1S/C14H18Cl2N2O2.ClH/c1-9-2-10(6-17)7-18(9)14(19)8-20-13-4-11(15)3-12(16)5-13;/h3-5,9-10H,2,6-8,17H2,1H3;1H. The van der Waals surface area contributed by atoms with E-state index in [9.17, 15) is 4.79 Å². The number of hydrogen-bond donors (Lipinski definition) is 1. The Balaban J connectivity index is 0.00000220. The third-order valence-electron chi connectivity index (χ3n) is 3.51. The number of rotatable bonds is 4. The van der Waals surface area contributed by atoms with Crippen molar-refractivity contribution in [1.82, 2.24) is 4.90 Å². The number of amides is 1. The Kier molecular flexibility index (Phi) is 7.07. The van der Waals surface area contributed by atoms with Crippen LogP contribution < -0.4 is 10.5 Å². The molecule has 0 spiro atoms.